The van der Waals surface area contributed by atoms with E-state index in [-0.39, 0.29) is 17.8 Å². The Morgan fingerprint density at radius 2 is 2.31 bits per heavy atom. The maximum atomic E-state index is 10.5. The van der Waals surface area contributed by atoms with Crippen LogP contribution >= 0.6 is 0 Å². The Morgan fingerprint density at radius 1 is 1.62 bits per heavy atom. The fourth-order valence-electron chi connectivity index (χ4n) is 1.66. The molecule has 5 nitrogen and oxygen atoms in total. The molecule has 1 aromatic heterocycles. The van der Waals surface area contributed by atoms with Gasteiger partial charge in [-0.15, -0.1) is 0 Å². The van der Waals surface area contributed by atoms with Crippen molar-refractivity contribution in [1.29, 1.82) is 0 Å². The van der Waals surface area contributed by atoms with Gasteiger partial charge in [0, 0.05) is 18.3 Å². The Hall–Kier alpha value is -1.39. The molecule has 1 aromatic rings. The standard InChI is InChI=1S/C11H16N2O3/c1-7(6-9(14)15)5-8-12-10(13-16-8)11(2)3-4-11/h7H,3-6H2,1-2H3,(H,14,15). The van der Waals surface area contributed by atoms with Crippen LogP contribution in [0.15, 0.2) is 4.52 Å². The van der Waals surface area contributed by atoms with Crippen LogP contribution in [0.1, 0.15) is 44.8 Å². The van der Waals surface area contributed by atoms with E-state index in [9.17, 15) is 4.79 Å². The Kier molecular flexibility index (Phi) is 2.69. The van der Waals surface area contributed by atoms with Gasteiger partial charge in [-0.3, -0.25) is 4.79 Å². The van der Waals surface area contributed by atoms with Crippen LogP contribution in [0.3, 0.4) is 0 Å². The SMILES string of the molecule is CC(CC(=O)O)Cc1nc(C2(C)CC2)no1. The zero-order valence-corrected chi connectivity index (χ0v) is 9.56. The van der Waals surface area contributed by atoms with Crippen molar-refractivity contribution < 1.29 is 14.4 Å². The van der Waals surface area contributed by atoms with E-state index in [1.54, 1.807) is 0 Å². The quantitative estimate of drug-likeness (QED) is 0.824. The van der Waals surface area contributed by atoms with Gasteiger partial charge in [0.15, 0.2) is 5.82 Å². The first-order valence-corrected chi connectivity index (χ1v) is 5.54. The molecular formula is C11H16N2O3. The van der Waals surface area contributed by atoms with Crippen LogP contribution in [0.4, 0.5) is 0 Å². The third-order valence-electron chi connectivity index (χ3n) is 3.05. The maximum Gasteiger partial charge on any atom is 0.303 e. The van der Waals surface area contributed by atoms with Gasteiger partial charge in [-0.25, -0.2) is 0 Å². The molecule has 1 saturated carbocycles. The first-order valence-electron chi connectivity index (χ1n) is 5.54. The van der Waals surface area contributed by atoms with Crippen LogP contribution in [0.2, 0.25) is 0 Å². The number of carboxylic acids is 1. The van der Waals surface area contributed by atoms with E-state index in [4.69, 9.17) is 9.63 Å². The van der Waals surface area contributed by atoms with Crippen molar-refractivity contribution in [3.8, 4) is 0 Å². The first kappa shape index (κ1) is 11.1. The average Bonchev–Trinajstić information content (AvgIpc) is 2.75. The molecule has 1 aliphatic carbocycles. The molecule has 0 amide bonds. The molecule has 88 valence electrons. The third-order valence-corrected chi connectivity index (χ3v) is 3.05. The van der Waals surface area contributed by atoms with Crippen LogP contribution < -0.4 is 0 Å². The van der Waals surface area contributed by atoms with Gasteiger partial charge in [0.1, 0.15) is 0 Å². The third kappa shape index (κ3) is 2.40. The summed E-state index contributed by atoms with van der Waals surface area (Å²) in [5.74, 6) is 0.557. The summed E-state index contributed by atoms with van der Waals surface area (Å²) in [6, 6.07) is 0. The van der Waals surface area contributed by atoms with E-state index < -0.39 is 5.97 Å². The van der Waals surface area contributed by atoms with Crippen molar-refractivity contribution in [3.05, 3.63) is 11.7 Å². The molecule has 0 saturated heterocycles. The highest BCUT2D eigenvalue weighted by Crippen LogP contribution is 2.45. The minimum absolute atomic E-state index is 0.0257. The molecule has 1 N–H and O–H groups in total. The number of rotatable bonds is 5. The van der Waals surface area contributed by atoms with Gasteiger partial charge in [0.05, 0.1) is 0 Å². The highest BCUT2D eigenvalue weighted by atomic mass is 16.5. The minimum Gasteiger partial charge on any atom is -0.481 e. The normalized spacial score (nSPS) is 19.4. The summed E-state index contributed by atoms with van der Waals surface area (Å²) in [4.78, 5) is 14.8. The van der Waals surface area contributed by atoms with Crippen molar-refractivity contribution in [2.45, 2.75) is 44.9 Å². The van der Waals surface area contributed by atoms with E-state index in [0.29, 0.717) is 12.3 Å². The topological polar surface area (TPSA) is 76.2 Å². The molecule has 5 heteroatoms. The smallest absolute Gasteiger partial charge is 0.303 e. The number of carboxylic acid groups (broad SMARTS) is 1. The van der Waals surface area contributed by atoms with Gasteiger partial charge in [-0.05, 0) is 18.8 Å². The van der Waals surface area contributed by atoms with E-state index in [1.807, 2.05) is 6.92 Å². The number of hydrogen-bond donors (Lipinski definition) is 1. The zero-order valence-electron chi connectivity index (χ0n) is 9.56. The molecule has 0 aromatic carbocycles. The zero-order chi connectivity index (χ0) is 11.8. The van der Waals surface area contributed by atoms with E-state index in [2.05, 4.69) is 17.1 Å². The summed E-state index contributed by atoms with van der Waals surface area (Å²) in [6.07, 6.45) is 2.89. The molecule has 0 bridgehead atoms. The lowest BCUT2D eigenvalue weighted by atomic mass is 10.0. The number of aromatic nitrogens is 2. The summed E-state index contributed by atoms with van der Waals surface area (Å²) < 4.78 is 5.13. The average molecular weight is 224 g/mol. The van der Waals surface area contributed by atoms with Gasteiger partial charge >= 0.3 is 5.97 Å². The van der Waals surface area contributed by atoms with Crippen molar-refractivity contribution in [2.75, 3.05) is 0 Å². The molecule has 1 aliphatic rings. The maximum absolute atomic E-state index is 10.5. The Bertz CT molecular complexity index is 396. The molecule has 0 radical (unpaired) electrons. The molecule has 1 unspecified atom stereocenters. The second-order valence-corrected chi connectivity index (χ2v) is 4.98. The van der Waals surface area contributed by atoms with Gasteiger partial charge in [0.25, 0.3) is 0 Å². The monoisotopic (exact) mass is 224 g/mol. The Balaban J connectivity index is 1.95. The second kappa shape index (κ2) is 3.88. The van der Waals surface area contributed by atoms with Crippen molar-refractivity contribution in [2.24, 2.45) is 5.92 Å². The number of aliphatic carboxylic acids is 1. The summed E-state index contributed by atoms with van der Waals surface area (Å²) in [5.41, 5.74) is 0.109. The minimum atomic E-state index is -0.790. The van der Waals surface area contributed by atoms with Gasteiger partial charge in [0.2, 0.25) is 5.89 Å². The van der Waals surface area contributed by atoms with Crippen LogP contribution in [-0.4, -0.2) is 21.2 Å². The van der Waals surface area contributed by atoms with Crippen molar-refractivity contribution >= 4 is 5.97 Å². The van der Waals surface area contributed by atoms with Gasteiger partial charge in [-0.2, -0.15) is 4.98 Å². The molecule has 0 spiro atoms. The van der Waals surface area contributed by atoms with E-state index in [0.717, 1.165) is 18.7 Å². The van der Waals surface area contributed by atoms with Crippen LogP contribution in [0, 0.1) is 5.92 Å². The fourth-order valence-corrected chi connectivity index (χ4v) is 1.66. The molecular weight excluding hydrogens is 208 g/mol. The number of hydrogen-bond acceptors (Lipinski definition) is 4. The lowest BCUT2D eigenvalue weighted by molar-refractivity contribution is -0.137. The first-order chi connectivity index (χ1) is 7.49. The largest absolute Gasteiger partial charge is 0.481 e. The lowest BCUT2D eigenvalue weighted by Crippen LogP contribution is -2.08. The highest BCUT2D eigenvalue weighted by molar-refractivity contribution is 5.66. The number of carbonyl (C=O) groups is 1. The Labute approximate surface area is 93.9 Å². The molecule has 0 aliphatic heterocycles. The predicted molar refractivity (Wildman–Crippen MR) is 56.0 cm³/mol. The predicted octanol–water partition coefficient (Wildman–Crippen LogP) is 1.77. The summed E-state index contributed by atoms with van der Waals surface area (Å²) in [5, 5.41) is 12.6. The lowest BCUT2D eigenvalue weighted by Gasteiger charge is -2.03. The van der Waals surface area contributed by atoms with Crippen LogP contribution in [0.25, 0.3) is 0 Å². The van der Waals surface area contributed by atoms with E-state index in [1.165, 1.54) is 0 Å². The van der Waals surface area contributed by atoms with Crippen molar-refractivity contribution in [1.82, 2.24) is 10.1 Å². The summed E-state index contributed by atoms with van der Waals surface area (Å²) in [7, 11) is 0. The van der Waals surface area contributed by atoms with Crippen molar-refractivity contribution in [3.63, 3.8) is 0 Å². The van der Waals surface area contributed by atoms with Crippen LogP contribution in [0.5, 0.6) is 0 Å². The fraction of sp³-hybridized carbons (Fsp3) is 0.727. The second-order valence-electron chi connectivity index (χ2n) is 4.98. The molecule has 1 fully saturated rings. The summed E-state index contributed by atoms with van der Waals surface area (Å²) in [6.45, 7) is 3.99. The Morgan fingerprint density at radius 3 is 2.88 bits per heavy atom. The highest BCUT2D eigenvalue weighted by Gasteiger charge is 2.43. The van der Waals surface area contributed by atoms with E-state index >= 15 is 0 Å². The van der Waals surface area contributed by atoms with Crippen LogP contribution in [-0.2, 0) is 16.6 Å². The molecule has 1 heterocycles. The molecule has 1 atom stereocenters. The molecule has 2 rings (SSSR count). The van der Waals surface area contributed by atoms with Gasteiger partial charge < -0.3 is 9.63 Å². The summed E-state index contributed by atoms with van der Waals surface area (Å²) >= 11 is 0. The van der Waals surface area contributed by atoms with Gasteiger partial charge in [-0.1, -0.05) is 19.0 Å². The number of nitrogens with zero attached hydrogens (tertiary/aromatic N) is 2. The molecule has 16 heavy (non-hydrogen) atoms.